The zero-order valence-electron chi connectivity index (χ0n) is 12.8. The minimum atomic E-state index is -3.63. The van der Waals surface area contributed by atoms with Gasteiger partial charge in [-0.1, -0.05) is 13.0 Å². The standard InChI is InChI=1S/C14H24FN3O2S/c1-4-9-16-10-6-11-17(2)21(19,20)18(3)14-8-5-7-13(15)12-14/h5,7-8,12,16H,4,6,9-11H2,1-3H3. The van der Waals surface area contributed by atoms with Gasteiger partial charge in [0.2, 0.25) is 0 Å². The molecule has 120 valence electrons. The summed E-state index contributed by atoms with van der Waals surface area (Å²) in [5.41, 5.74) is 0.311. The molecule has 7 heteroatoms. The molecule has 5 nitrogen and oxygen atoms in total. The van der Waals surface area contributed by atoms with E-state index in [-0.39, 0.29) is 0 Å². The normalized spacial score (nSPS) is 11.9. The molecule has 0 fully saturated rings. The maximum Gasteiger partial charge on any atom is 0.303 e. The van der Waals surface area contributed by atoms with Crippen LogP contribution in [-0.4, -0.2) is 46.5 Å². The summed E-state index contributed by atoms with van der Waals surface area (Å²) >= 11 is 0. The van der Waals surface area contributed by atoms with Crippen LogP contribution in [0.5, 0.6) is 0 Å². The van der Waals surface area contributed by atoms with Crippen LogP contribution in [0.2, 0.25) is 0 Å². The van der Waals surface area contributed by atoms with Crippen LogP contribution in [0.15, 0.2) is 24.3 Å². The van der Waals surface area contributed by atoms with Crippen molar-refractivity contribution in [1.29, 1.82) is 0 Å². The van der Waals surface area contributed by atoms with Crippen LogP contribution in [0.3, 0.4) is 0 Å². The SMILES string of the molecule is CCCNCCCN(C)S(=O)(=O)N(C)c1cccc(F)c1. The van der Waals surface area contributed by atoms with E-state index in [1.807, 2.05) is 0 Å². The molecule has 0 saturated carbocycles. The minimum absolute atomic E-state index is 0.311. The van der Waals surface area contributed by atoms with Crippen molar-refractivity contribution < 1.29 is 12.8 Å². The summed E-state index contributed by atoms with van der Waals surface area (Å²) in [5.74, 6) is -0.457. The van der Waals surface area contributed by atoms with Gasteiger partial charge in [-0.2, -0.15) is 12.7 Å². The van der Waals surface area contributed by atoms with Gasteiger partial charge in [0.25, 0.3) is 0 Å². The maximum atomic E-state index is 13.2. The van der Waals surface area contributed by atoms with E-state index < -0.39 is 16.0 Å². The van der Waals surface area contributed by atoms with Crippen molar-refractivity contribution in [3.05, 3.63) is 30.1 Å². The van der Waals surface area contributed by atoms with E-state index >= 15 is 0 Å². The van der Waals surface area contributed by atoms with Gasteiger partial charge in [0.15, 0.2) is 0 Å². The summed E-state index contributed by atoms with van der Waals surface area (Å²) in [6, 6.07) is 5.55. The fraction of sp³-hybridized carbons (Fsp3) is 0.571. The first kappa shape index (κ1) is 17.9. The number of benzene rings is 1. The molecule has 1 rings (SSSR count). The summed E-state index contributed by atoms with van der Waals surface area (Å²) in [5, 5.41) is 3.23. The van der Waals surface area contributed by atoms with Crippen LogP contribution in [0.4, 0.5) is 10.1 Å². The van der Waals surface area contributed by atoms with Gasteiger partial charge < -0.3 is 5.32 Å². The van der Waals surface area contributed by atoms with E-state index in [0.29, 0.717) is 12.2 Å². The largest absolute Gasteiger partial charge is 0.317 e. The molecule has 1 aromatic rings. The number of hydrogen-bond acceptors (Lipinski definition) is 3. The zero-order chi connectivity index (χ0) is 15.9. The monoisotopic (exact) mass is 317 g/mol. The lowest BCUT2D eigenvalue weighted by Crippen LogP contribution is -2.40. The second kappa shape index (κ2) is 8.31. The fourth-order valence-corrected chi connectivity index (χ4v) is 3.02. The average Bonchev–Trinajstić information content (AvgIpc) is 2.45. The third-order valence-electron chi connectivity index (χ3n) is 3.17. The molecule has 0 unspecified atom stereocenters. The van der Waals surface area contributed by atoms with E-state index in [1.54, 1.807) is 6.07 Å². The molecule has 0 aliphatic rings. The van der Waals surface area contributed by atoms with Crippen molar-refractivity contribution in [1.82, 2.24) is 9.62 Å². The van der Waals surface area contributed by atoms with Gasteiger partial charge in [-0.05, 0) is 44.1 Å². The lowest BCUT2D eigenvalue weighted by molar-refractivity contribution is 0.453. The number of nitrogens with one attached hydrogen (secondary N) is 1. The quantitative estimate of drug-likeness (QED) is 0.707. The number of rotatable bonds is 9. The van der Waals surface area contributed by atoms with Crippen molar-refractivity contribution in [2.75, 3.05) is 38.0 Å². The Kier molecular flexibility index (Phi) is 7.07. The van der Waals surface area contributed by atoms with Gasteiger partial charge in [-0.15, -0.1) is 0 Å². The maximum absolute atomic E-state index is 13.2. The lowest BCUT2D eigenvalue weighted by Gasteiger charge is -2.26. The van der Waals surface area contributed by atoms with Crippen LogP contribution in [0, 0.1) is 5.82 Å². The number of anilines is 1. The molecule has 0 aliphatic carbocycles. The summed E-state index contributed by atoms with van der Waals surface area (Å²) in [7, 11) is -0.670. The van der Waals surface area contributed by atoms with Gasteiger partial charge in [0.1, 0.15) is 5.82 Å². The van der Waals surface area contributed by atoms with Gasteiger partial charge in [0, 0.05) is 20.6 Å². The molecule has 0 atom stereocenters. The Morgan fingerprint density at radius 1 is 1.24 bits per heavy atom. The second-order valence-electron chi connectivity index (χ2n) is 4.88. The number of nitrogens with zero attached hydrogens (tertiary/aromatic N) is 2. The molecule has 0 aromatic heterocycles. The predicted molar refractivity (Wildman–Crippen MR) is 84.1 cm³/mol. The first-order valence-electron chi connectivity index (χ1n) is 7.06. The van der Waals surface area contributed by atoms with Crippen LogP contribution in [0.1, 0.15) is 19.8 Å². The Morgan fingerprint density at radius 2 is 1.95 bits per heavy atom. The molecule has 0 saturated heterocycles. The number of hydrogen-bond donors (Lipinski definition) is 1. The summed E-state index contributed by atoms with van der Waals surface area (Å²) in [6.07, 6.45) is 1.78. The Labute approximate surface area is 126 Å². The topological polar surface area (TPSA) is 52.7 Å². The molecule has 0 heterocycles. The highest BCUT2D eigenvalue weighted by Gasteiger charge is 2.23. The molecule has 21 heavy (non-hydrogen) atoms. The predicted octanol–water partition coefficient (Wildman–Crippen LogP) is 1.83. The highest BCUT2D eigenvalue weighted by atomic mass is 32.2. The van der Waals surface area contributed by atoms with E-state index in [1.165, 1.54) is 36.6 Å². The van der Waals surface area contributed by atoms with Gasteiger partial charge in [-0.25, -0.2) is 4.39 Å². The van der Waals surface area contributed by atoms with Crippen molar-refractivity contribution >= 4 is 15.9 Å². The van der Waals surface area contributed by atoms with Crippen LogP contribution in [0.25, 0.3) is 0 Å². The van der Waals surface area contributed by atoms with Crippen LogP contribution >= 0.6 is 0 Å². The first-order chi connectivity index (χ1) is 9.89. The Hall–Kier alpha value is -1.18. The van der Waals surface area contributed by atoms with E-state index in [9.17, 15) is 12.8 Å². The van der Waals surface area contributed by atoms with Crippen molar-refractivity contribution in [3.8, 4) is 0 Å². The minimum Gasteiger partial charge on any atom is -0.317 e. The van der Waals surface area contributed by atoms with Gasteiger partial charge >= 0.3 is 10.2 Å². The highest BCUT2D eigenvalue weighted by molar-refractivity contribution is 7.90. The summed E-state index contributed by atoms with van der Waals surface area (Å²) in [4.78, 5) is 0. The van der Waals surface area contributed by atoms with Crippen LogP contribution < -0.4 is 9.62 Å². The summed E-state index contributed by atoms with van der Waals surface area (Å²) in [6.45, 7) is 4.20. The molecular weight excluding hydrogens is 293 g/mol. The first-order valence-corrected chi connectivity index (χ1v) is 8.45. The fourth-order valence-electron chi connectivity index (χ4n) is 1.86. The Morgan fingerprint density at radius 3 is 2.57 bits per heavy atom. The molecule has 0 aliphatic heterocycles. The van der Waals surface area contributed by atoms with Crippen molar-refractivity contribution in [2.24, 2.45) is 0 Å². The Balaban J connectivity index is 2.62. The summed E-state index contributed by atoms with van der Waals surface area (Å²) < 4.78 is 40.3. The molecule has 0 radical (unpaired) electrons. The third-order valence-corrected chi connectivity index (χ3v) is 5.04. The van der Waals surface area contributed by atoms with Crippen molar-refractivity contribution in [3.63, 3.8) is 0 Å². The number of halogens is 1. The van der Waals surface area contributed by atoms with E-state index in [4.69, 9.17) is 0 Å². The molecule has 0 bridgehead atoms. The molecule has 0 amide bonds. The van der Waals surface area contributed by atoms with Gasteiger partial charge in [0.05, 0.1) is 5.69 Å². The molecule has 1 N–H and O–H groups in total. The molecule has 1 aromatic carbocycles. The average molecular weight is 317 g/mol. The molecular formula is C14H24FN3O2S. The zero-order valence-corrected chi connectivity index (χ0v) is 13.7. The third kappa shape index (κ3) is 5.26. The van der Waals surface area contributed by atoms with E-state index in [2.05, 4.69) is 12.2 Å². The van der Waals surface area contributed by atoms with Gasteiger partial charge in [-0.3, -0.25) is 4.31 Å². The van der Waals surface area contributed by atoms with Crippen LogP contribution in [-0.2, 0) is 10.2 Å². The lowest BCUT2D eigenvalue weighted by atomic mass is 10.3. The van der Waals surface area contributed by atoms with Crippen molar-refractivity contribution in [2.45, 2.75) is 19.8 Å². The second-order valence-corrected chi connectivity index (χ2v) is 6.95. The smallest absolute Gasteiger partial charge is 0.303 e. The Bertz CT molecular complexity index is 537. The highest BCUT2D eigenvalue weighted by Crippen LogP contribution is 2.18. The molecule has 0 spiro atoms. The van der Waals surface area contributed by atoms with E-state index in [0.717, 1.165) is 30.2 Å².